The third kappa shape index (κ3) is 7.10. The van der Waals surface area contributed by atoms with Gasteiger partial charge in [-0.25, -0.2) is 12.8 Å². The number of nitrogens with one attached hydrogen (secondary N) is 1. The fourth-order valence-corrected chi connectivity index (χ4v) is 5.23. The fraction of sp³-hybridized carbons (Fsp3) is 0.286. The minimum Gasteiger partial charge on any atom is -0.497 e. The van der Waals surface area contributed by atoms with Gasteiger partial charge < -0.3 is 15.0 Å². The van der Waals surface area contributed by atoms with Gasteiger partial charge in [0.1, 0.15) is 24.2 Å². The van der Waals surface area contributed by atoms with Crippen molar-refractivity contribution in [1.82, 2.24) is 10.2 Å². The van der Waals surface area contributed by atoms with Gasteiger partial charge in [0.25, 0.3) is 10.0 Å². The normalized spacial score (nSPS) is 12.1. The molecule has 3 aromatic rings. The second kappa shape index (κ2) is 12.6. The van der Waals surface area contributed by atoms with Gasteiger partial charge in [-0.15, -0.1) is 0 Å². The highest BCUT2D eigenvalue weighted by atomic mass is 32.2. The van der Waals surface area contributed by atoms with Crippen LogP contribution in [-0.4, -0.2) is 50.9 Å². The van der Waals surface area contributed by atoms with E-state index in [0.29, 0.717) is 11.3 Å². The molecule has 3 aromatic carbocycles. The molecular formula is C28H32FN3O5S. The van der Waals surface area contributed by atoms with Gasteiger partial charge in [0.15, 0.2) is 0 Å². The van der Waals surface area contributed by atoms with Crippen LogP contribution >= 0.6 is 0 Å². The monoisotopic (exact) mass is 541 g/mol. The van der Waals surface area contributed by atoms with E-state index in [1.807, 2.05) is 13.8 Å². The Bertz CT molecular complexity index is 1350. The maximum absolute atomic E-state index is 13.8. The van der Waals surface area contributed by atoms with Crippen LogP contribution in [-0.2, 0) is 26.2 Å². The summed E-state index contributed by atoms with van der Waals surface area (Å²) in [5.41, 5.74) is 0.959. The first kappa shape index (κ1) is 28.6. The lowest BCUT2D eigenvalue weighted by molar-refractivity contribution is -0.139. The molecule has 3 rings (SSSR count). The maximum Gasteiger partial charge on any atom is 0.264 e. The second-order valence-electron chi connectivity index (χ2n) is 9.01. The molecule has 38 heavy (non-hydrogen) atoms. The molecule has 8 nitrogen and oxygen atoms in total. The van der Waals surface area contributed by atoms with Gasteiger partial charge in [-0.2, -0.15) is 0 Å². The topological polar surface area (TPSA) is 96.0 Å². The van der Waals surface area contributed by atoms with Crippen molar-refractivity contribution < 1.29 is 27.1 Å². The molecule has 0 unspecified atom stereocenters. The highest BCUT2D eigenvalue weighted by Gasteiger charge is 2.32. The van der Waals surface area contributed by atoms with Crippen LogP contribution < -0.4 is 14.4 Å². The number of hydrogen-bond acceptors (Lipinski definition) is 5. The van der Waals surface area contributed by atoms with Crippen molar-refractivity contribution in [3.8, 4) is 5.75 Å². The van der Waals surface area contributed by atoms with Crippen molar-refractivity contribution in [2.75, 3.05) is 18.0 Å². The molecule has 0 heterocycles. The van der Waals surface area contributed by atoms with Crippen molar-refractivity contribution in [3.05, 3.63) is 90.2 Å². The molecule has 10 heteroatoms. The van der Waals surface area contributed by atoms with Crippen LogP contribution in [0, 0.1) is 5.82 Å². The summed E-state index contributed by atoms with van der Waals surface area (Å²) in [5, 5.41) is 2.81. The lowest BCUT2D eigenvalue weighted by Crippen LogP contribution is -2.52. The molecule has 1 N–H and O–H groups in total. The van der Waals surface area contributed by atoms with Crippen LogP contribution in [0.4, 0.5) is 10.1 Å². The molecule has 0 aliphatic carbocycles. The molecule has 0 aromatic heterocycles. The number of anilines is 1. The molecule has 2 amide bonds. The lowest BCUT2D eigenvalue weighted by Gasteiger charge is -2.32. The lowest BCUT2D eigenvalue weighted by atomic mass is 10.1. The van der Waals surface area contributed by atoms with Crippen molar-refractivity contribution in [2.45, 2.75) is 44.3 Å². The third-order valence-electron chi connectivity index (χ3n) is 5.81. The number of rotatable bonds is 11. The Labute approximate surface area is 223 Å². The van der Waals surface area contributed by atoms with E-state index in [4.69, 9.17) is 4.74 Å². The molecule has 0 aliphatic rings. The zero-order valence-corrected chi connectivity index (χ0v) is 22.6. The molecule has 0 fully saturated rings. The highest BCUT2D eigenvalue weighted by Crippen LogP contribution is 2.25. The van der Waals surface area contributed by atoms with E-state index in [1.54, 1.807) is 61.5 Å². The first-order valence-electron chi connectivity index (χ1n) is 12.1. The summed E-state index contributed by atoms with van der Waals surface area (Å²) < 4.78 is 47.0. The summed E-state index contributed by atoms with van der Waals surface area (Å²) in [6.45, 7) is 4.68. The van der Waals surface area contributed by atoms with E-state index in [9.17, 15) is 22.4 Å². The number of hydrogen-bond donors (Lipinski definition) is 1. The third-order valence-corrected chi connectivity index (χ3v) is 7.60. The number of methoxy groups -OCH3 is 1. The Hall–Kier alpha value is -3.92. The minimum absolute atomic E-state index is 0.0436. The summed E-state index contributed by atoms with van der Waals surface area (Å²) in [5.74, 6) is -0.961. The number of carbonyl (C=O) groups is 2. The summed E-state index contributed by atoms with van der Waals surface area (Å²) in [7, 11) is -2.72. The number of halogens is 1. The van der Waals surface area contributed by atoms with Crippen LogP contribution in [0.15, 0.2) is 83.8 Å². The maximum atomic E-state index is 13.8. The predicted octanol–water partition coefficient (Wildman–Crippen LogP) is 3.97. The molecule has 0 aliphatic heterocycles. The highest BCUT2D eigenvalue weighted by molar-refractivity contribution is 7.92. The Morgan fingerprint density at radius 1 is 0.947 bits per heavy atom. The van der Waals surface area contributed by atoms with Crippen LogP contribution in [0.1, 0.15) is 26.3 Å². The number of ether oxygens (including phenoxy) is 1. The standard InChI is InChI=1S/C28H32FN3O5S/c1-20(2)30-28(34)21(3)31(18-22-9-8-12-25(17-22)37-4)27(33)19-32(24-10-6-5-7-11-24)38(35,36)26-15-13-23(29)14-16-26/h5-17,20-21H,18-19H2,1-4H3,(H,30,34)/t21-/m0/s1. The Kier molecular flexibility index (Phi) is 9.46. The van der Waals surface area contributed by atoms with Crippen molar-refractivity contribution in [3.63, 3.8) is 0 Å². The molecule has 0 saturated carbocycles. The Morgan fingerprint density at radius 3 is 2.21 bits per heavy atom. The van der Waals surface area contributed by atoms with Gasteiger partial charge >= 0.3 is 0 Å². The molecule has 0 spiro atoms. The van der Waals surface area contributed by atoms with E-state index < -0.39 is 34.3 Å². The molecule has 0 saturated heterocycles. The van der Waals surface area contributed by atoms with Gasteiger partial charge in [0, 0.05) is 12.6 Å². The number of amides is 2. The first-order chi connectivity index (χ1) is 18.0. The van der Waals surface area contributed by atoms with Crippen LogP contribution in [0.3, 0.4) is 0 Å². The van der Waals surface area contributed by atoms with Gasteiger partial charge in [0.05, 0.1) is 17.7 Å². The zero-order valence-electron chi connectivity index (χ0n) is 21.8. The molecular weight excluding hydrogens is 509 g/mol. The average molecular weight is 542 g/mol. The van der Waals surface area contributed by atoms with E-state index in [-0.39, 0.29) is 29.1 Å². The fourth-order valence-electron chi connectivity index (χ4n) is 3.81. The molecule has 0 bridgehead atoms. The zero-order chi connectivity index (χ0) is 27.9. The van der Waals surface area contributed by atoms with Crippen molar-refractivity contribution in [1.29, 1.82) is 0 Å². The SMILES string of the molecule is COc1cccc(CN(C(=O)CN(c2ccccc2)S(=O)(=O)c2ccc(F)cc2)[C@@H](C)C(=O)NC(C)C)c1. The van der Waals surface area contributed by atoms with Crippen molar-refractivity contribution >= 4 is 27.5 Å². The van der Waals surface area contributed by atoms with Crippen molar-refractivity contribution in [2.24, 2.45) is 0 Å². The number of carbonyl (C=O) groups excluding carboxylic acids is 2. The summed E-state index contributed by atoms with van der Waals surface area (Å²) >= 11 is 0. The Morgan fingerprint density at radius 2 is 1.61 bits per heavy atom. The van der Waals surface area contributed by atoms with Crippen LogP contribution in [0.5, 0.6) is 5.75 Å². The smallest absolute Gasteiger partial charge is 0.264 e. The summed E-state index contributed by atoms with van der Waals surface area (Å²) in [6, 6.07) is 18.6. The molecule has 0 radical (unpaired) electrons. The number of benzene rings is 3. The quantitative estimate of drug-likeness (QED) is 0.396. The second-order valence-corrected chi connectivity index (χ2v) is 10.9. The van der Waals surface area contributed by atoms with Crippen LogP contribution in [0.2, 0.25) is 0 Å². The minimum atomic E-state index is -4.25. The van der Waals surface area contributed by atoms with Gasteiger partial charge in [-0.3, -0.25) is 13.9 Å². The first-order valence-corrected chi connectivity index (χ1v) is 13.5. The summed E-state index contributed by atoms with van der Waals surface area (Å²) in [4.78, 5) is 27.9. The van der Waals surface area contributed by atoms with E-state index >= 15 is 0 Å². The van der Waals surface area contributed by atoms with E-state index in [0.717, 1.165) is 28.6 Å². The van der Waals surface area contributed by atoms with Gasteiger partial charge in [-0.1, -0.05) is 30.3 Å². The molecule has 202 valence electrons. The molecule has 1 atom stereocenters. The van der Waals surface area contributed by atoms with Crippen LogP contribution in [0.25, 0.3) is 0 Å². The van der Waals surface area contributed by atoms with E-state index in [2.05, 4.69) is 5.32 Å². The Balaban J connectivity index is 2.01. The predicted molar refractivity (Wildman–Crippen MR) is 144 cm³/mol. The summed E-state index contributed by atoms with van der Waals surface area (Å²) in [6.07, 6.45) is 0. The largest absolute Gasteiger partial charge is 0.497 e. The number of sulfonamides is 1. The van der Waals surface area contributed by atoms with Gasteiger partial charge in [0.2, 0.25) is 11.8 Å². The average Bonchev–Trinajstić information content (AvgIpc) is 2.90. The van der Waals surface area contributed by atoms with Gasteiger partial charge in [-0.05, 0) is 74.9 Å². The number of para-hydroxylation sites is 1. The number of nitrogens with zero attached hydrogens (tertiary/aromatic N) is 2. The van der Waals surface area contributed by atoms with E-state index in [1.165, 1.54) is 12.0 Å².